The Labute approximate surface area is 130 Å². The van der Waals surface area contributed by atoms with Gasteiger partial charge in [-0.2, -0.15) is 0 Å². The van der Waals surface area contributed by atoms with Gasteiger partial charge in [-0.15, -0.1) is 0 Å². The summed E-state index contributed by atoms with van der Waals surface area (Å²) in [6, 6.07) is 15.7. The van der Waals surface area contributed by atoms with Gasteiger partial charge < -0.3 is 20.5 Å². The molecule has 4 heteroatoms. The Morgan fingerprint density at radius 1 is 1.09 bits per heavy atom. The molecule has 2 unspecified atom stereocenters. The molecule has 4 nitrogen and oxygen atoms in total. The predicted octanol–water partition coefficient (Wildman–Crippen LogP) is 1.34. The second-order valence-corrected chi connectivity index (χ2v) is 6.18. The molecule has 2 aromatic carbocycles. The third-order valence-corrected chi connectivity index (χ3v) is 4.48. The second kappa shape index (κ2) is 5.34. The monoisotopic (exact) mass is 296 g/mol. The third kappa shape index (κ3) is 2.58. The first kappa shape index (κ1) is 14.9. The molecule has 1 fully saturated rings. The summed E-state index contributed by atoms with van der Waals surface area (Å²) >= 11 is 0. The summed E-state index contributed by atoms with van der Waals surface area (Å²) in [5.74, 6) is 0. The van der Waals surface area contributed by atoms with Crippen LogP contribution in [0.15, 0.2) is 60.8 Å². The first-order chi connectivity index (χ1) is 10.4. The van der Waals surface area contributed by atoms with E-state index in [1.807, 2.05) is 12.1 Å². The topological polar surface area (TPSA) is 55.0 Å². The van der Waals surface area contributed by atoms with Gasteiger partial charge in [0.1, 0.15) is 12.2 Å². The minimum absolute atomic E-state index is 0.0992. The van der Waals surface area contributed by atoms with E-state index in [0.29, 0.717) is 17.9 Å². The van der Waals surface area contributed by atoms with Crippen LogP contribution in [0.1, 0.15) is 12.5 Å². The summed E-state index contributed by atoms with van der Waals surface area (Å²) in [5.41, 5.74) is 3.76. The largest absolute Gasteiger partial charge is 0.633 e. The van der Waals surface area contributed by atoms with Gasteiger partial charge in [0.05, 0.1) is 0 Å². The van der Waals surface area contributed by atoms with Gasteiger partial charge in [-0.05, 0) is 36.8 Å². The van der Waals surface area contributed by atoms with Gasteiger partial charge in [0.2, 0.25) is 5.54 Å². The molecule has 1 saturated heterocycles. The average Bonchev–Trinajstić information content (AvgIpc) is 3.15. The van der Waals surface area contributed by atoms with Crippen LogP contribution in [0.3, 0.4) is 0 Å². The van der Waals surface area contributed by atoms with E-state index in [4.69, 9.17) is 0 Å². The molecule has 3 rings (SSSR count). The van der Waals surface area contributed by atoms with Crippen LogP contribution < -0.4 is 10.1 Å². The SMILES string of the molecule is C=C([NH+]([O-])c1ccc(-c2ccc(C)cc2)cc1)[C@@]1(C)C[NH+]1[O-]. The quantitative estimate of drug-likeness (QED) is 0.508. The number of benzene rings is 2. The number of quaternary nitrogens is 2. The van der Waals surface area contributed by atoms with Gasteiger partial charge >= 0.3 is 0 Å². The Bertz CT molecular complexity index is 694. The molecule has 2 N–H and O–H groups in total. The van der Waals surface area contributed by atoms with Crippen LogP contribution in [-0.2, 0) is 0 Å². The summed E-state index contributed by atoms with van der Waals surface area (Å²) in [6.07, 6.45) is 0. The predicted molar refractivity (Wildman–Crippen MR) is 87.3 cm³/mol. The lowest BCUT2D eigenvalue weighted by Gasteiger charge is -2.25. The van der Waals surface area contributed by atoms with Crippen LogP contribution in [0.4, 0.5) is 5.69 Å². The molecule has 0 aromatic heterocycles. The number of aryl methyl sites for hydroxylation is 1. The molecule has 1 aliphatic rings. The number of nitrogens with one attached hydrogen (secondary N) is 2. The highest BCUT2D eigenvalue weighted by Gasteiger charge is 2.55. The van der Waals surface area contributed by atoms with Crippen molar-refractivity contribution in [3.8, 4) is 11.1 Å². The minimum Gasteiger partial charge on any atom is -0.633 e. The van der Waals surface area contributed by atoms with Crippen LogP contribution in [0.5, 0.6) is 0 Å². The number of hydroxylamine groups is 3. The van der Waals surface area contributed by atoms with E-state index in [2.05, 4.69) is 37.8 Å². The molecule has 0 radical (unpaired) electrons. The van der Waals surface area contributed by atoms with Crippen molar-refractivity contribution >= 4 is 5.69 Å². The highest BCUT2D eigenvalue weighted by Crippen LogP contribution is 2.21. The van der Waals surface area contributed by atoms with Gasteiger partial charge in [-0.25, -0.2) is 0 Å². The lowest BCUT2D eigenvalue weighted by Crippen LogP contribution is -3.05. The van der Waals surface area contributed by atoms with E-state index >= 15 is 0 Å². The van der Waals surface area contributed by atoms with Crippen molar-refractivity contribution in [1.82, 2.24) is 0 Å². The van der Waals surface area contributed by atoms with E-state index in [9.17, 15) is 10.4 Å². The molecule has 0 aliphatic carbocycles. The first-order valence-electron chi connectivity index (χ1n) is 7.36. The smallest absolute Gasteiger partial charge is 0.218 e. The van der Waals surface area contributed by atoms with E-state index < -0.39 is 5.54 Å². The van der Waals surface area contributed by atoms with E-state index in [0.717, 1.165) is 11.1 Å². The maximum absolute atomic E-state index is 12.4. The zero-order valence-corrected chi connectivity index (χ0v) is 12.8. The molecule has 1 heterocycles. The van der Waals surface area contributed by atoms with Crippen molar-refractivity contribution in [2.45, 2.75) is 19.4 Å². The van der Waals surface area contributed by atoms with Crippen molar-refractivity contribution in [1.29, 1.82) is 0 Å². The molecule has 1 aliphatic heterocycles. The Balaban J connectivity index is 1.79. The summed E-state index contributed by atoms with van der Waals surface area (Å²) in [6.45, 7) is 8.11. The van der Waals surface area contributed by atoms with Crippen LogP contribution in [0.25, 0.3) is 11.1 Å². The summed E-state index contributed by atoms with van der Waals surface area (Å²) in [4.78, 5) is 0. The summed E-state index contributed by atoms with van der Waals surface area (Å²) in [5, 5.41) is 23.8. The highest BCUT2D eigenvalue weighted by atomic mass is 16.5. The number of hydrogen-bond acceptors (Lipinski definition) is 2. The van der Waals surface area contributed by atoms with Crippen LogP contribution in [-0.4, -0.2) is 12.1 Å². The normalized spacial score (nSPS) is 24.8. The highest BCUT2D eigenvalue weighted by molar-refractivity contribution is 5.65. The van der Waals surface area contributed by atoms with Crippen LogP contribution in [0, 0.1) is 17.3 Å². The Morgan fingerprint density at radius 3 is 2.00 bits per heavy atom. The average molecular weight is 296 g/mol. The fraction of sp³-hybridized carbons (Fsp3) is 0.222. The van der Waals surface area contributed by atoms with Crippen LogP contribution in [0.2, 0.25) is 0 Å². The summed E-state index contributed by atoms with van der Waals surface area (Å²) in [7, 11) is 0. The molecule has 0 bridgehead atoms. The van der Waals surface area contributed by atoms with Gasteiger partial charge in [-0.3, -0.25) is 0 Å². The van der Waals surface area contributed by atoms with Gasteiger partial charge in [0.15, 0.2) is 5.70 Å². The Hall–Kier alpha value is -1.98. The van der Waals surface area contributed by atoms with E-state index in [1.165, 1.54) is 5.56 Å². The molecule has 2 aromatic rings. The molecular weight excluding hydrogens is 276 g/mol. The lowest BCUT2D eigenvalue weighted by molar-refractivity contribution is -0.783. The third-order valence-electron chi connectivity index (χ3n) is 4.48. The van der Waals surface area contributed by atoms with E-state index in [1.54, 1.807) is 19.1 Å². The fourth-order valence-electron chi connectivity index (χ4n) is 2.54. The van der Waals surface area contributed by atoms with Gasteiger partial charge in [0, 0.05) is 19.1 Å². The maximum Gasteiger partial charge on any atom is 0.218 e. The standard InChI is InChI=1S/C18H20N2O2/c1-13-4-6-15(7-5-13)16-8-10-17(11-9-16)20(22)14(2)18(3)12-19(18)21/h4-11,19-20H,2,12H2,1,3H3/t18-/m1/s1. The molecule has 0 spiro atoms. The Kier molecular flexibility index (Phi) is 3.62. The zero-order valence-electron chi connectivity index (χ0n) is 12.8. The molecule has 3 atom stereocenters. The van der Waals surface area contributed by atoms with Crippen molar-refractivity contribution in [3.63, 3.8) is 0 Å². The van der Waals surface area contributed by atoms with E-state index in [-0.39, 0.29) is 10.1 Å². The number of hydrogen-bond donors (Lipinski definition) is 2. The molecule has 0 saturated carbocycles. The maximum atomic E-state index is 12.4. The van der Waals surface area contributed by atoms with Crippen LogP contribution >= 0.6 is 0 Å². The van der Waals surface area contributed by atoms with Gasteiger partial charge in [0.25, 0.3) is 0 Å². The van der Waals surface area contributed by atoms with Crippen molar-refractivity contribution < 1.29 is 10.1 Å². The van der Waals surface area contributed by atoms with Crippen molar-refractivity contribution in [2.75, 3.05) is 6.54 Å². The first-order valence-corrected chi connectivity index (χ1v) is 7.36. The molecule has 22 heavy (non-hydrogen) atoms. The van der Waals surface area contributed by atoms with Crippen molar-refractivity contribution in [3.05, 3.63) is 76.8 Å². The molecule has 114 valence electrons. The van der Waals surface area contributed by atoms with Gasteiger partial charge in [-0.1, -0.05) is 29.8 Å². The molecular formula is C18H20N2O2. The second-order valence-electron chi connectivity index (χ2n) is 6.18. The lowest BCUT2D eigenvalue weighted by atomic mass is 10.0. The zero-order chi connectivity index (χ0) is 15.9. The fourth-order valence-corrected chi connectivity index (χ4v) is 2.54. The molecule has 0 amide bonds. The van der Waals surface area contributed by atoms with Crippen molar-refractivity contribution in [2.24, 2.45) is 0 Å². The minimum atomic E-state index is -0.632. The summed E-state index contributed by atoms with van der Waals surface area (Å²) < 4.78 is 0. The Morgan fingerprint density at radius 2 is 1.55 bits per heavy atom. The number of rotatable bonds is 4.